The van der Waals surface area contributed by atoms with Crippen LogP contribution in [-0.2, 0) is 60.8 Å². The normalized spacial score (nSPS) is 18.5. The smallest absolute Gasteiger partial charge is 0.326 e. The monoisotopic (exact) mass is 1030 g/mol. The van der Waals surface area contributed by atoms with Crippen LogP contribution in [-0.4, -0.2) is 190 Å². The summed E-state index contributed by atoms with van der Waals surface area (Å²) in [6, 6.07) is 9.39. The number of guanidine groups is 1. The molecule has 0 radical (unpaired) electrons. The van der Waals surface area contributed by atoms with E-state index >= 15 is 0 Å². The van der Waals surface area contributed by atoms with Crippen molar-refractivity contribution in [2.75, 3.05) is 52.9 Å². The Morgan fingerprint density at radius 1 is 0.635 bits per heavy atom. The number of aliphatic imine (C=N–C) groups is 1. The predicted octanol–water partition coefficient (Wildman–Crippen LogP) is -3.06. The molecule has 2 aromatic rings. The molecule has 0 bridgehead atoms. The van der Waals surface area contributed by atoms with Crippen LogP contribution in [0.3, 0.4) is 0 Å². The van der Waals surface area contributed by atoms with Gasteiger partial charge in [-0.05, 0) is 69.5 Å². The van der Waals surface area contributed by atoms with Gasteiger partial charge in [0.2, 0.25) is 47.3 Å². The standard InChI is InChI=1S/C47H66N12O11.C2H4O2/c1-50-26-38(61)53-31(16-8-20-51-47(48)49)43(66)59-23-11-19-37(59)45(68)58-22-9-17-35(58)41(64)52-27-39(62)54-32(24-29-12-4-2-5-13-29)40(63)56-34(28-60)44(67)57-21-10-18-36(57)42(65)55-33(46(69)70)25-30-14-6-3-7-15-30;1-2(3)4/h2-7,12-15,31-37,50,60H,8-11,16-28H2,1H3,(H,52,64)(H,53,61)(H,54,62)(H,55,65)(H,56,63)(H,69,70)(H4,48,49,51);1H3,(H,3,4)/t31-,32-,33+,34-,35-,36-,37-;/m0./s1. The summed E-state index contributed by atoms with van der Waals surface area (Å²) in [6.07, 6.45) is 2.78. The van der Waals surface area contributed by atoms with E-state index in [2.05, 4.69) is 36.9 Å². The maximum absolute atomic E-state index is 14.1. The van der Waals surface area contributed by atoms with E-state index in [4.69, 9.17) is 21.4 Å². The second-order valence-corrected chi connectivity index (χ2v) is 18.0. The number of aliphatic carboxylic acids is 2. The molecular weight excluding hydrogens is 965 g/mol. The molecule has 8 amide bonds. The van der Waals surface area contributed by atoms with Crippen LogP contribution < -0.4 is 43.4 Å². The first-order valence-electron chi connectivity index (χ1n) is 24.5. The van der Waals surface area contributed by atoms with Crippen LogP contribution in [0.5, 0.6) is 0 Å². The summed E-state index contributed by atoms with van der Waals surface area (Å²) >= 11 is 0. The average molecular weight is 1040 g/mol. The number of rotatable bonds is 24. The highest BCUT2D eigenvalue weighted by Crippen LogP contribution is 2.26. The van der Waals surface area contributed by atoms with Crippen LogP contribution >= 0.6 is 0 Å². The van der Waals surface area contributed by atoms with Gasteiger partial charge in [0.25, 0.3) is 5.97 Å². The summed E-state index contributed by atoms with van der Waals surface area (Å²) in [5, 5.41) is 43.3. The number of nitrogens with one attached hydrogen (secondary N) is 6. The Morgan fingerprint density at radius 3 is 1.66 bits per heavy atom. The van der Waals surface area contributed by atoms with Gasteiger partial charge in [-0.1, -0.05) is 60.7 Å². The summed E-state index contributed by atoms with van der Waals surface area (Å²) in [7, 11) is 1.59. The first-order chi connectivity index (χ1) is 35.3. The van der Waals surface area contributed by atoms with E-state index in [1.165, 1.54) is 14.7 Å². The highest BCUT2D eigenvalue weighted by atomic mass is 16.4. The number of benzene rings is 2. The van der Waals surface area contributed by atoms with Crippen molar-refractivity contribution in [2.45, 2.75) is 113 Å². The lowest BCUT2D eigenvalue weighted by molar-refractivity contribution is -0.148. The third-order valence-corrected chi connectivity index (χ3v) is 12.5. The molecule has 0 unspecified atom stereocenters. The SMILES string of the molecule is CC(=O)O.CNCC(=O)N[C@@H](CCCN=C(N)N)C(=O)N1CCC[C@H]1C(=O)N1CCC[C@H]1C(=O)NCC(=O)N[C@@H](Cc1ccccc1)C(=O)N[C@@H](CO)C(=O)N1CCC[C@H]1C(=O)N[C@H](Cc1ccccc1)C(=O)O. The highest BCUT2D eigenvalue weighted by Gasteiger charge is 2.44. The molecule has 7 atom stereocenters. The second kappa shape index (κ2) is 29.7. The number of likely N-dealkylation sites (tertiary alicyclic amines) is 3. The van der Waals surface area contributed by atoms with Crippen LogP contribution in [0.4, 0.5) is 0 Å². The zero-order valence-electron chi connectivity index (χ0n) is 41.7. The van der Waals surface area contributed by atoms with Crippen LogP contribution in [0, 0.1) is 0 Å². The molecule has 74 heavy (non-hydrogen) atoms. The average Bonchev–Trinajstić information content (AvgIpc) is 4.18. The van der Waals surface area contributed by atoms with E-state index in [0.29, 0.717) is 43.2 Å². The number of aliphatic hydroxyl groups excluding tert-OH is 1. The van der Waals surface area contributed by atoms with Gasteiger partial charge in [-0.25, -0.2) is 4.79 Å². The summed E-state index contributed by atoms with van der Waals surface area (Å²) in [5.41, 5.74) is 12.2. The molecule has 0 aliphatic carbocycles. The third kappa shape index (κ3) is 18.1. The van der Waals surface area contributed by atoms with Crippen molar-refractivity contribution >= 4 is 65.2 Å². The van der Waals surface area contributed by atoms with E-state index < -0.39 is 115 Å². The van der Waals surface area contributed by atoms with Gasteiger partial charge in [0.15, 0.2) is 5.96 Å². The number of carboxylic acid groups (broad SMARTS) is 2. The maximum Gasteiger partial charge on any atom is 0.326 e. The van der Waals surface area contributed by atoms with Gasteiger partial charge < -0.3 is 73.4 Å². The van der Waals surface area contributed by atoms with Crippen LogP contribution in [0.2, 0.25) is 0 Å². The number of carboxylic acids is 2. The summed E-state index contributed by atoms with van der Waals surface area (Å²) < 4.78 is 0. The van der Waals surface area contributed by atoms with Gasteiger partial charge in [-0.2, -0.15) is 0 Å². The Balaban J connectivity index is 0.00000286. The Morgan fingerprint density at radius 2 is 1.12 bits per heavy atom. The number of nitrogens with two attached hydrogens (primary N) is 2. The molecule has 3 fully saturated rings. The third-order valence-electron chi connectivity index (χ3n) is 12.5. The zero-order chi connectivity index (χ0) is 54.3. The topological polar surface area (TPSA) is 378 Å². The first-order valence-corrected chi connectivity index (χ1v) is 24.5. The zero-order valence-corrected chi connectivity index (χ0v) is 41.7. The lowest BCUT2D eigenvalue weighted by Gasteiger charge is -2.33. The Bertz CT molecular complexity index is 2300. The molecule has 13 N–H and O–H groups in total. The number of amides is 8. The minimum atomic E-state index is -1.54. The molecule has 2 aromatic carbocycles. The molecule has 0 saturated carbocycles. The Kier molecular flexibility index (Phi) is 23.7. The molecule has 3 aliphatic rings. The molecule has 3 saturated heterocycles. The number of likely N-dealkylation sites (N-methyl/N-ethyl adjacent to an activating group) is 1. The summed E-state index contributed by atoms with van der Waals surface area (Å²) in [4.78, 5) is 138. The lowest BCUT2D eigenvalue weighted by Crippen LogP contribution is -2.59. The van der Waals surface area contributed by atoms with E-state index in [-0.39, 0.29) is 70.8 Å². The molecule has 25 heteroatoms. The number of hydrogen-bond donors (Lipinski definition) is 11. The number of aliphatic hydroxyl groups is 1. The number of hydrogen-bond acceptors (Lipinski definition) is 13. The van der Waals surface area contributed by atoms with E-state index in [0.717, 1.165) is 6.92 Å². The lowest BCUT2D eigenvalue weighted by atomic mass is 10.0. The molecular formula is C49H70N12O13. The van der Waals surface area contributed by atoms with Gasteiger partial charge in [-0.15, -0.1) is 0 Å². The van der Waals surface area contributed by atoms with Crippen molar-refractivity contribution in [3.05, 3.63) is 71.8 Å². The first kappa shape index (κ1) is 58.9. The van der Waals surface area contributed by atoms with Gasteiger partial charge in [-0.3, -0.25) is 48.1 Å². The van der Waals surface area contributed by atoms with E-state index in [1.807, 2.05) is 0 Å². The molecule has 404 valence electrons. The number of carbonyl (C=O) groups is 10. The van der Waals surface area contributed by atoms with Gasteiger partial charge >= 0.3 is 5.97 Å². The van der Waals surface area contributed by atoms with Gasteiger partial charge in [0.05, 0.1) is 19.7 Å². The Hall–Kier alpha value is -7.67. The molecule has 3 aliphatic heterocycles. The van der Waals surface area contributed by atoms with E-state index in [9.17, 15) is 53.4 Å². The maximum atomic E-state index is 14.1. The largest absolute Gasteiger partial charge is 0.481 e. The highest BCUT2D eigenvalue weighted by molar-refractivity contribution is 5.98. The van der Waals surface area contributed by atoms with Gasteiger partial charge in [0.1, 0.15) is 42.3 Å². The van der Waals surface area contributed by atoms with Crippen LogP contribution in [0.25, 0.3) is 0 Å². The molecule has 5 rings (SSSR count). The number of carbonyl (C=O) groups excluding carboxylic acids is 8. The van der Waals surface area contributed by atoms with Gasteiger partial charge in [0, 0.05) is 45.9 Å². The quantitative estimate of drug-likeness (QED) is 0.0283. The minimum Gasteiger partial charge on any atom is -0.481 e. The fourth-order valence-corrected chi connectivity index (χ4v) is 9.02. The predicted molar refractivity (Wildman–Crippen MR) is 267 cm³/mol. The second-order valence-electron chi connectivity index (χ2n) is 18.0. The van der Waals surface area contributed by atoms with E-state index in [1.54, 1.807) is 67.7 Å². The molecule has 25 nitrogen and oxygen atoms in total. The van der Waals surface area contributed by atoms with Crippen molar-refractivity contribution in [1.82, 2.24) is 46.6 Å². The summed E-state index contributed by atoms with van der Waals surface area (Å²) in [6.45, 7) is 0.416. The minimum absolute atomic E-state index is 0.00501. The molecule has 0 aromatic heterocycles. The van der Waals surface area contributed by atoms with Crippen molar-refractivity contribution in [2.24, 2.45) is 16.5 Å². The molecule has 3 heterocycles. The Labute approximate surface area is 428 Å². The van der Waals surface area contributed by atoms with Crippen LogP contribution in [0.1, 0.15) is 69.4 Å². The van der Waals surface area contributed by atoms with Crippen molar-refractivity contribution in [3.8, 4) is 0 Å². The number of nitrogens with zero attached hydrogens (tertiary/aromatic N) is 4. The summed E-state index contributed by atoms with van der Waals surface area (Å²) in [5.74, 6) is -7.21. The fraction of sp³-hybridized carbons (Fsp3) is 0.531. The van der Waals surface area contributed by atoms with Crippen molar-refractivity contribution in [3.63, 3.8) is 0 Å². The molecule has 0 spiro atoms. The van der Waals surface area contributed by atoms with Crippen molar-refractivity contribution < 1.29 is 63.3 Å². The fourth-order valence-electron chi connectivity index (χ4n) is 9.02. The van der Waals surface area contributed by atoms with Crippen molar-refractivity contribution in [1.29, 1.82) is 0 Å². The van der Waals surface area contributed by atoms with Crippen LogP contribution in [0.15, 0.2) is 65.7 Å².